The summed E-state index contributed by atoms with van der Waals surface area (Å²) in [6, 6.07) is 7.10. The molecule has 6 nitrogen and oxygen atoms in total. The van der Waals surface area contributed by atoms with Crippen molar-refractivity contribution in [1.82, 2.24) is 0 Å². The maximum atomic E-state index is 13.4. The van der Waals surface area contributed by atoms with E-state index in [9.17, 15) is 25.6 Å². The Balaban J connectivity index is 2.03. The first-order chi connectivity index (χ1) is 13.5. The predicted octanol–water partition coefficient (Wildman–Crippen LogP) is 4.93. The van der Waals surface area contributed by atoms with E-state index in [1.165, 1.54) is 12.1 Å². The number of thiophene rings is 1. The number of benzene rings is 2. The van der Waals surface area contributed by atoms with Gasteiger partial charge in [0.15, 0.2) is 11.6 Å². The third-order valence-electron chi connectivity index (χ3n) is 3.51. The van der Waals surface area contributed by atoms with Crippen LogP contribution in [0.25, 0.3) is 0 Å². The van der Waals surface area contributed by atoms with Gasteiger partial charge in [-0.15, -0.1) is 11.3 Å². The van der Waals surface area contributed by atoms with Crippen molar-refractivity contribution >= 4 is 66.0 Å². The zero-order valence-corrected chi connectivity index (χ0v) is 17.9. The lowest BCUT2D eigenvalue weighted by molar-refractivity contribution is 0.504. The zero-order chi connectivity index (χ0) is 21.4. The molecule has 0 fully saturated rings. The molecule has 2 aromatic carbocycles. The number of sulfonamides is 2. The van der Waals surface area contributed by atoms with Crippen LogP contribution in [0, 0.1) is 11.6 Å². The molecule has 0 spiro atoms. The molecule has 0 bridgehead atoms. The zero-order valence-electron chi connectivity index (χ0n) is 14.0. The molecule has 0 radical (unpaired) electrons. The smallest absolute Gasteiger partial charge is 0.271 e. The van der Waals surface area contributed by atoms with E-state index in [1.807, 2.05) is 0 Å². The number of anilines is 2. The summed E-state index contributed by atoms with van der Waals surface area (Å²) in [5.74, 6) is -2.58. The Labute approximate surface area is 179 Å². The second-order valence-electron chi connectivity index (χ2n) is 5.53. The summed E-state index contributed by atoms with van der Waals surface area (Å²) >= 11 is 12.8. The normalized spacial score (nSPS) is 12.0. The molecular formula is C16H10Cl2F2N2O4S3. The number of halogens is 4. The van der Waals surface area contributed by atoms with Crippen molar-refractivity contribution in [3.05, 3.63) is 69.5 Å². The van der Waals surface area contributed by atoms with Gasteiger partial charge >= 0.3 is 0 Å². The second kappa shape index (κ2) is 8.07. The SMILES string of the molecule is O=S(=O)(Nc1cc(Cl)c(Cl)cc1NS(=O)(=O)c1cccs1)c1ccc(F)c(F)c1. The quantitative estimate of drug-likeness (QED) is 0.503. The van der Waals surface area contributed by atoms with Crippen LogP contribution in [0.2, 0.25) is 10.0 Å². The molecule has 0 saturated carbocycles. The van der Waals surface area contributed by atoms with E-state index in [1.54, 1.807) is 5.38 Å². The van der Waals surface area contributed by atoms with Crippen LogP contribution >= 0.6 is 34.5 Å². The van der Waals surface area contributed by atoms with Crippen LogP contribution < -0.4 is 9.44 Å². The molecule has 2 N–H and O–H groups in total. The monoisotopic (exact) mass is 498 g/mol. The van der Waals surface area contributed by atoms with Gasteiger partial charge in [0.1, 0.15) is 4.21 Å². The highest BCUT2D eigenvalue weighted by Gasteiger charge is 2.22. The fourth-order valence-corrected chi connectivity index (χ4v) is 5.65. The van der Waals surface area contributed by atoms with Crippen LogP contribution in [0.5, 0.6) is 0 Å². The van der Waals surface area contributed by atoms with E-state index < -0.39 is 36.6 Å². The van der Waals surface area contributed by atoms with Gasteiger partial charge in [-0.2, -0.15) is 0 Å². The first-order valence-corrected chi connectivity index (χ1v) is 12.1. The molecule has 1 heterocycles. The van der Waals surface area contributed by atoms with E-state index in [4.69, 9.17) is 23.2 Å². The minimum absolute atomic E-state index is 0.0158. The van der Waals surface area contributed by atoms with Crippen molar-refractivity contribution in [3.63, 3.8) is 0 Å². The molecule has 3 rings (SSSR count). The number of nitrogens with one attached hydrogen (secondary N) is 2. The molecular weight excluding hydrogens is 489 g/mol. The molecule has 0 atom stereocenters. The molecule has 0 aliphatic rings. The van der Waals surface area contributed by atoms with E-state index in [0.717, 1.165) is 29.5 Å². The summed E-state index contributed by atoms with van der Waals surface area (Å²) < 4.78 is 80.9. The van der Waals surface area contributed by atoms with Gasteiger partial charge in [-0.25, -0.2) is 25.6 Å². The van der Waals surface area contributed by atoms with Crippen molar-refractivity contribution in [3.8, 4) is 0 Å². The fourth-order valence-electron chi connectivity index (χ4n) is 2.17. The summed E-state index contributed by atoms with van der Waals surface area (Å²) in [5.41, 5.74) is -0.469. The molecule has 0 saturated heterocycles. The maximum absolute atomic E-state index is 13.4. The largest absolute Gasteiger partial charge is 0.277 e. The summed E-state index contributed by atoms with van der Waals surface area (Å²) in [4.78, 5) is -0.575. The van der Waals surface area contributed by atoms with Crippen molar-refractivity contribution in [1.29, 1.82) is 0 Å². The van der Waals surface area contributed by atoms with Crippen LogP contribution in [0.15, 0.2) is 56.9 Å². The van der Waals surface area contributed by atoms with Crippen molar-refractivity contribution in [2.24, 2.45) is 0 Å². The maximum Gasteiger partial charge on any atom is 0.271 e. The van der Waals surface area contributed by atoms with Gasteiger partial charge in [-0.1, -0.05) is 29.3 Å². The molecule has 0 amide bonds. The highest BCUT2D eigenvalue weighted by atomic mass is 35.5. The molecule has 154 valence electrons. The minimum atomic E-state index is -4.40. The number of hydrogen-bond acceptors (Lipinski definition) is 5. The molecule has 3 aromatic rings. The lowest BCUT2D eigenvalue weighted by Gasteiger charge is -2.15. The minimum Gasteiger partial charge on any atom is -0.277 e. The van der Waals surface area contributed by atoms with Crippen LogP contribution in [0.1, 0.15) is 0 Å². The van der Waals surface area contributed by atoms with Crippen LogP contribution in [-0.4, -0.2) is 16.8 Å². The van der Waals surface area contributed by atoms with Gasteiger partial charge in [0.05, 0.1) is 26.3 Å². The van der Waals surface area contributed by atoms with Crippen molar-refractivity contribution in [2.45, 2.75) is 9.10 Å². The van der Waals surface area contributed by atoms with E-state index in [2.05, 4.69) is 9.44 Å². The topological polar surface area (TPSA) is 92.3 Å². The Morgan fingerprint density at radius 3 is 1.90 bits per heavy atom. The summed E-state index contributed by atoms with van der Waals surface area (Å²) in [6.45, 7) is 0. The Kier molecular flexibility index (Phi) is 6.06. The lowest BCUT2D eigenvalue weighted by atomic mass is 10.3. The standard InChI is InChI=1S/C16H10Cl2F2N2O4S3/c17-10-7-14(21-28(23,24)9-3-4-12(19)13(20)6-9)15(8-11(10)18)22-29(25,26)16-2-1-5-27-16/h1-8,21-22H. The van der Waals surface area contributed by atoms with Gasteiger partial charge in [0.2, 0.25) is 0 Å². The summed E-state index contributed by atoms with van der Waals surface area (Å²) in [6.07, 6.45) is 0. The Morgan fingerprint density at radius 2 is 1.38 bits per heavy atom. The van der Waals surface area contributed by atoms with Crippen LogP contribution in [0.3, 0.4) is 0 Å². The number of hydrogen-bond donors (Lipinski definition) is 2. The predicted molar refractivity (Wildman–Crippen MR) is 109 cm³/mol. The molecule has 0 aliphatic carbocycles. The van der Waals surface area contributed by atoms with Crippen molar-refractivity contribution < 1.29 is 25.6 Å². The molecule has 29 heavy (non-hydrogen) atoms. The average Bonchev–Trinajstić information content (AvgIpc) is 3.17. The van der Waals surface area contributed by atoms with Crippen LogP contribution in [-0.2, 0) is 20.0 Å². The molecule has 1 aromatic heterocycles. The first-order valence-electron chi connectivity index (χ1n) is 7.53. The average molecular weight is 499 g/mol. The van der Waals surface area contributed by atoms with Crippen LogP contribution in [0.4, 0.5) is 20.2 Å². The van der Waals surface area contributed by atoms with Gasteiger partial charge in [-0.3, -0.25) is 9.44 Å². The van der Waals surface area contributed by atoms with E-state index in [0.29, 0.717) is 12.1 Å². The van der Waals surface area contributed by atoms with Crippen molar-refractivity contribution in [2.75, 3.05) is 9.44 Å². The lowest BCUT2D eigenvalue weighted by Crippen LogP contribution is -2.17. The summed E-state index contributed by atoms with van der Waals surface area (Å²) in [5, 5.41) is 1.45. The highest BCUT2D eigenvalue weighted by Crippen LogP contribution is 2.35. The number of rotatable bonds is 6. The molecule has 0 unspecified atom stereocenters. The molecule has 13 heteroatoms. The van der Waals surface area contributed by atoms with Gasteiger partial charge < -0.3 is 0 Å². The fraction of sp³-hybridized carbons (Fsp3) is 0. The third-order valence-corrected chi connectivity index (χ3v) is 8.36. The van der Waals surface area contributed by atoms with Gasteiger partial charge in [-0.05, 0) is 41.8 Å². The second-order valence-corrected chi connectivity index (χ2v) is 10.9. The highest BCUT2D eigenvalue weighted by molar-refractivity contribution is 7.94. The van der Waals surface area contributed by atoms with E-state index >= 15 is 0 Å². The van der Waals surface area contributed by atoms with Gasteiger partial charge in [0.25, 0.3) is 20.0 Å². The van der Waals surface area contributed by atoms with Gasteiger partial charge in [0, 0.05) is 0 Å². The first kappa shape index (κ1) is 21.8. The molecule has 0 aliphatic heterocycles. The summed E-state index contributed by atoms with van der Waals surface area (Å²) in [7, 11) is -8.44. The van der Waals surface area contributed by atoms with E-state index in [-0.39, 0.29) is 25.6 Å². The third kappa shape index (κ3) is 4.81. The Hall–Kier alpha value is -1.92. The Bertz CT molecular complexity index is 1280. The Morgan fingerprint density at radius 1 is 0.793 bits per heavy atom.